The zero-order valence-electron chi connectivity index (χ0n) is 11.4. The van der Waals surface area contributed by atoms with Crippen LogP contribution in [0, 0.1) is 0 Å². The van der Waals surface area contributed by atoms with Crippen LogP contribution in [0.25, 0.3) is 0 Å². The Kier molecular flexibility index (Phi) is 6.44. The number of benzene rings is 1. The predicted molar refractivity (Wildman–Crippen MR) is 78.4 cm³/mol. The summed E-state index contributed by atoms with van der Waals surface area (Å²) in [6.07, 6.45) is 1.77. The zero-order valence-corrected chi connectivity index (χ0v) is 12.3. The lowest BCUT2D eigenvalue weighted by Gasteiger charge is -2.26. The molecule has 1 aromatic rings. The van der Waals surface area contributed by atoms with E-state index < -0.39 is 5.60 Å². The number of thioether (sulfide) groups is 1. The van der Waals surface area contributed by atoms with E-state index in [2.05, 4.69) is 6.92 Å². The molecule has 0 bridgehead atoms. The van der Waals surface area contributed by atoms with Gasteiger partial charge in [0.05, 0.1) is 0 Å². The molecule has 1 rings (SSSR count). The number of rotatable bonds is 8. The van der Waals surface area contributed by atoms with Crippen LogP contribution in [0.15, 0.2) is 30.3 Å². The fourth-order valence-corrected chi connectivity index (χ4v) is 2.50. The molecule has 1 aromatic carbocycles. The van der Waals surface area contributed by atoms with E-state index in [0.29, 0.717) is 0 Å². The Balaban J connectivity index is 2.66. The van der Waals surface area contributed by atoms with E-state index >= 15 is 0 Å². The van der Waals surface area contributed by atoms with Crippen molar-refractivity contribution in [3.05, 3.63) is 35.9 Å². The Labute approximate surface area is 114 Å². The van der Waals surface area contributed by atoms with Gasteiger partial charge < -0.3 is 4.74 Å². The van der Waals surface area contributed by atoms with Crippen molar-refractivity contribution >= 4 is 17.5 Å². The lowest BCUT2D eigenvalue weighted by Crippen LogP contribution is -2.37. The highest BCUT2D eigenvalue weighted by molar-refractivity contribution is 7.99. The van der Waals surface area contributed by atoms with Crippen LogP contribution in [0.4, 0.5) is 0 Å². The van der Waals surface area contributed by atoms with E-state index in [1.807, 2.05) is 49.0 Å². The number of Topliss-reactive ketones (excluding diaryl/α,β-unsaturated/α-hetero) is 1. The second kappa shape index (κ2) is 7.59. The summed E-state index contributed by atoms with van der Waals surface area (Å²) < 4.78 is 5.48. The molecule has 0 N–H and O–H groups in total. The fourth-order valence-electron chi connectivity index (χ4n) is 1.86. The minimum Gasteiger partial charge on any atom is -0.370 e. The first-order valence-corrected chi connectivity index (χ1v) is 7.52. The van der Waals surface area contributed by atoms with E-state index in [4.69, 9.17) is 4.74 Å². The van der Waals surface area contributed by atoms with Crippen molar-refractivity contribution in [1.29, 1.82) is 0 Å². The summed E-state index contributed by atoms with van der Waals surface area (Å²) in [5.41, 5.74) is 0.0281. The topological polar surface area (TPSA) is 26.3 Å². The van der Waals surface area contributed by atoms with Gasteiger partial charge >= 0.3 is 0 Å². The first-order chi connectivity index (χ1) is 8.64. The Hall–Kier alpha value is -0.800. The van der Waals surface area contributed by atoms with Gasteiger partial charge in [-0.25, -0.2) is 0 Å². The van der Waals surface area contributed by atoms with Crippen LogP contribution < -0.4 is 0 Å². The molecule has 0 aliphatic rings. The number of hydrogen-bond donors (Lipinski definition) is 0. The standard InChI is InChI=1S/C15H22O2S/c1-4-18-12-8-11-15(2,17-3)14(16)13-9-6-5-7-10-13/h5-7,9-10H,4,8,11-12H2,1-3H3. The summed E-state index contributed by atoms with van der Waals surface area (Å²) in [4.78, 5) is 12.4. The maximum atomic E-state index is 12.4. The molecule has 3 heteroatoms. The molecule has 0 spiro atoms. The number of carbonyl (C=O) groups is 1. The largest absolute Gasteiger partial charge is 0.370 e. The third kappa shape index (κ3) is 4.14. The molecule has 0 amide bonds. The molecular formula is C15H22O2S. The predicted octanol–water partition coefficient (Wildman–Crippen LogP) is 3.81. The molecule has 1 atom stereocenters. The molecule has 0 aliphatic carbocycles. The monoisotopic (exact) mass is 266 g/mol. The average molecular weight is 266 g/mol. The van der Waals surface area contributed by atoms with E-state index in [9.17, 15) is 4.79 Å². The third-order valence-electron chi connectivity index (χ3n) is 3.11. The van der Waals surface area contributed by atoms with Crippen molar-refractivity contribution in [2.75, 3.05) is 18.6 Å². The Morgan fingerprint density at radius 2 is 2.00 bits per heavy atom. The SMILES string of the molecule is CCSCCCC(C)(OC)C(=O)c1ccccc1. The van der Waals surface area contributed by atoms with Crippen LogP contribution in [0.1, 0.15) is 37.0 Å². The number of hydrogen-bond acceptors (Lipinski definition) is 3. The molecule has 18 heavy (non-hydrogen) atoms. The van der Waals surface area contributed by atoms with E-state index in [1.165, 1.54) is 0 Å². The number of carbonyl (C=O) groups excluding carboxylic acids is 1. The highest BCUT2D eigenvalue weighted by Crippen LogP contribution is 2.23. The summed E-state index contributed by atoms with van der Waals surface area (Å²) in [7, 11) is 1.62. The van der Waals surface area contributed by atoms with Crippen molar-refractivity contribution in [2.24, 2.45) is 0 Å². The maximum absolute atomic E-state index is 12.4. The highest BCUT2D eigenvalue weighted by atomic mass is 32.2. The van der Waals surface area contributed by atoms with Gasteiger partial charge in [0.25, 0.3) is 0 Å². The van der Waals surface area contributed by atoms with Crippen LogP contribution in [-0.2, 0) is 4.74 Å². The van der Waals surface area contributed by atoms with Crippen molar-refractivity contribution in [1.82, 2.24) is 0 Å². The van der Waals surface area contributed by atoms with Crippen LogP contribution in [0.5, 0.6) is 0 Å². The Morgan fingerprint density at radius 1 is 1.33 bits per heavy atom. The van der Waals surface area contributed by atoms with Gasteiger partial charge in [-0.05, 0) is 31.3 Å². The van der Waals surface area contributed by atoms with E-state index in [-0.39, 0.29) is 5.78 Å². The summed E-state index contributed by atoms with van der Waals surface area (Å²) in [5, 5.41) is 0. The van der Waals surface area contributed by atoms with E-state index in [1.54, 1.807) is 7.11 Å². The van der Waals surface area contributed by atoms with Gasteiger partial charge in [0.15, 0.2) is 5.78 Å². The summed E-state index contributed by atoms with van der Waals surface area (Å²) in [6, 6.07) is 9.38. The minimum atomic E-state index is -0.699. The lowest BCUT2D eigenvalue weighted by atomic mass is 9.90. The van der Waals surface area contributed by atoms with Gasteiger partial charge in [-0.15, -0.1) is 0 Å². The van der Waals surface area contributed by atoms with Crippen molar-refractivity contribution < 1.29 is 9.53 Å². The van der Waals surface area contributed by atoms with Gasteiger partial charge in [0.2, 0.25) is 0 Å². The molecule has 2 nitrogen and oxygen atoms in total. The number of ketones is 1. The van der Waals surface area contributed by atoms with Crippen molar-refractivity contribution in [3.8, 4) is 0 Å². The zero-order chi connectivity index (χ0) is 13.4. The summed E-state index contributed by atoms with van der Waals surface area (Å²) in [6.45, 7) is 4.04. The van der Waals surface area contributed by atoms with Crippen LogP contribution in [-0.4, -0.2) is 30.0 Å². The third-order valence-corrected chi connectivity index (χ3v) is 4.10. The minimum absolute atomic E-state index is 0.0760. The normalized spacial score (nSPS) is 14.2. The second-order valence-corrected chi connectivity index (χ2v) is 5.82. The Morgan fingerprint density at radius 3 is 2.56 bits per heavy atom. The van der Waals surface area contributed by atoms with Gasteiger partial charge in [0.1, 0.15) is 5.60 Å². The van der Waals surface area contributed by atoms with E-state index in [0.717, 1.165) is 29.9 Å². The fraction of sp³-hybridized carbons (Fsp3) is 0.533. The van der Waals surface area contributed by atoms with Gasteiger partial charge in [-0.1, -0.05) is 37.3 Å². The molecular weight excluding hydrogens is 244 g/mol. The number of ether oxygens (including phenoxy) is 1. The van der Waals surface area contributed by atoms with Gasteiger partial charge in [0, 0.05) is 12.7 Å². The molecule has 0 aliphatic heterocycles. The molecule has 0 saturated heterocycles. The first-order valence-electron chi connectivity index (χ1n) is 6.37. The Bertz CT molecular complexity index is 364. The molecule has 0 aromatic heterocycles. The number of methoxy groups -OCH3 is 1. The average Bonchev–Trinajstić information content (AvgIpc) is 2.43. The molecule has 1 unspecified atom stereocenters. The summed E-state index contributed by atoms with van der Waals surface area (Å²) >= 11 is 1.90. The van der Waals surface area contributed by atoms with Gasteiger partial charge in [-0.3, -0.25) is 4.79 Å². The van der Waals surface area contributed by atoms with Crippen molar-refractivity contribution in [3.63, 3.8) is 0 Å². The van der Waals surface area contributed by atoms with Gasteiger partial charge in [-0.2, -0.15) is 11.8 Å². The summed E-state index contributed by atoms with van der Waals surface area (Å²) in [5.74, 6) is 2.28. The van der Waals surface area contributed by atoms with Crippen LogP contribution in [0.2, 0.25) is 0 Å². The van der Waals surface area contributed by atoms with Crippen molar-refractivity contribution in [2.45, 2.75) is 32.3 Å². The highest BCUT2D eigenvalue weighted by Gasteiger charge is 2.32. The smallest absolute Gasteiger partial charge is 0.194 e. The molecule has 0 heterocycles. The second-order valence-electron chi connectivity index (χ2n) is 4.43. The quantitative estimate of drug-likeness (QED) is 0.529. The molecule has 0 radical (unpaired) electrons. The van der Waals surface area contributed by atoms with Crippen LogP contribution >= 0.6 is 11.8 Å². The lowest BCUT2D eigenvalue weighted by molar-refractivity contribution is 0.00771. The first kappa shape index (κ1) is 15.3. The maximum Gasteiger partial charge on any atom is 0.194 e. The molecule has 100 valence electrons. The molecule has 0 fully saturated rings. The molecule has 0 saturated carbocycles. The van der Waals surface area contributed by atoms with Crippen LogP contribution in [0.3, 0.4) is 0 Å².